The third kappa shape index (κ3) is 3.98. The summed E-state index contributed by atoms with van der Waals surface area (Å²) in [7, 11) is 0. The Balaban J connectivity index is 1.78. The Morgan fingerprint density at radius 3 is 2.38 bits per heavy atom. The van der Waals surface area contributed by atoms with Crippen molar-refractivity contribution in [2.24, 2.45) is 5.41 Å². The molecule has 0 aromatic heterocycles. The first kappa shape index (κ1) is 17.0. The molecule has 0 radical (unpaired) electrons. The Kier molecular flexibility index (Phi) is 5.23. The minimum atomic E-state index is -0.303. The molecule has 1 aliphatic rings. The summed E-state index contributed by atoms with van der Waals surface area (Å²) in [5.41, 5.74) is 1.35. The molecule has 1 heterocycles. The molecule has 0 saturated carbocycles. The lowest BCUT2D eigenvalue weighted by Gasteiger charge is -2.41. The minimum absolute atomic E-state index is 0.0375. The highest BCUT2D eigenvalue weighted by Crippen LogP contribution is 2.28. The summed E-state index contributed by atoms with van der Waals surface area (Å²) >= 11 is 0. The quantitative estimate of drug-likeness (QED) is 0.819. The smallest absolute Gasteiger partial charge is 0.123 e. The van der Waals surface area contributed by atoms with Crippen molar-refractivity contribution in [1.29, 1.82) is 0 Å². The van der Waals surface area contributed by atoms with Crippen LogP contribution in [0.25, 0.3) is 0 Å². The molecule has 0 bridgehead atoms. The van der Waals surface area contributed by atoms with E-state index >= 15 is 0 Å². The second-order valence-electron chi connectivity index (χ2n) is 6.47. The molecule has 128 valence electrons. The highest BCUT2D eigenvalue weighted by molar-refractivity contribution is 5.25. The minimum Gasteiger partial charge on any atom is -0.396 e. The average Bonchev–Trinajstić information content (AvgIpc) is 2.53. The summed E-state index contributed by atoms with van der Waals surface area (Å²) in [6.07, 6.45) is 0.531. The molecule has 24 heavy (non-hydrogen) atoms. The highest BCUT2D eigenvalue weighted by Gasteiger charge is 2.38. The Labute approximate surface area is 140 Å². The zero-order valence-corrected chi connectivity index (χ0v) is 13.3. The number of aliphatic hydroxyl groups excluding tert-OH is 1. The first-order valence-electron chi connectivity index (χ1n) is 8.02. The van der Waals surface area contributed by atoms with Gasteiger partial charge in [0.1, 0.15) is 11.6 Å². The highest BCUT2D eigenvalue weighted by atomic mass is 19.1. The Morgan fingerprint density at radius 1 is 1.08 bits per heavy atom. The maximum atomic E-state index is 13.6. The summed E-state index contributed by atoms with van der Waals surface area (Å²) in [5, 5.41) is 13.0. The van der Waals surface area contributed by atoms with Gasteiger partial charge in [-0.05, 0) is 41.8 Å². The molecule has 0 spiro atoms. The monoisotopic (exact) mass is 333 g/mol. The number of rotatable bonds is 7. The molecule has 2 aromatic carbocycles. The Hall–Kier alpha value is -1.82. The Morgan fingerprint density at radius 2 is 1.79 bits per heavy atom. The van der Waals surface area contributed by atoms with Crippen molar-refractivity contribution >= 4 is 0 Å². The van der Waals surface area contributed by atoms with Gasteiger partial charge in [0.25, 0.3) is 0 Å². The maximum absolute atomic E-state index is 13.6. The average molecular weight is 333 g/mol. The van der Waals surface area contributed by atoms with Crippen molar-refractivity contribution in [1.82, 2.24) is 5.32 Å². The van der Waals surface area contributed by atoms with Gasteiger partial charge in [0.15, 0.2) is 0 Å². The van der Waals surface area contributed by atoms with Crippen molar-refractivity contribution in [3.8, 4) is 0 Å². The number of aliphatic hydroxyl groups is 1. The van der Waals surface area contributed by atoms with Crippen molar-refractivity contribution in [3.63, 3.8) is 0 Å². The van der Waals surface area contributed by atoms with E-state index < -0.39 is 0 Å². The molecule has 1 fully saturated rings. The van der Waals surface area contributed by atoms with Gasteiger partial charge in [0.2, 0.25) is 0 Å². The van der Waals surface area contributed by atoms with E-state index in [1.165, 1.54) is 24.3 Å². The maximum Gasteiger partial charge on any atom is 0.123 e. The standard InChI is InChI=1S/C19H21F2NO2/c20-16-5-1-3-14(7-16)8-18(15-4-2-6-17(21)9-15)22-10-19(11-23)12-24-13-19/h1-7,9,18,22-23H,8,10-13H2. The number of benzene rings is 2. The lowest BCUT2D eigenvalue weighted by Crippen LogP contribution is -2.52. The second-order valence-corrected chi connectivity index (χ2v) is 6.47. The number of hydrogen-bond donors (Lipinski definition) is 2. The van der Waals surface area contributed by atoms with Crippen LogP contribution in [0.2, 0.25) is 0 Å². The lowest BCUT2D eigenvalue weighted by atomic mass is 9.86. The molecule has 1 aliphatic heterocycles. The number of hydrogen-bond acceptors (Lipinski definition) is 3. The van der Waals surface area contributed by atoms with Gasteiger partial charge in [0, 0.05) is 12.6 Å². The molecule has 5 heteroatoms. The fraction of sp³-hybridized carbons (Fsp3) is 0.368. The lowest BCUT2D eigenvalue weighted by molar-refractivity contribution is -0.135. The van der Waals surface area contributed by atoms with Crippen molar-refractivity contribution in [2.45, 2.75) is 12.5 Å². The van der Waals surface area contributed by atoms with Crippen LogP contribution in [0.4, 0.5) is 8.78 Å². The molecule has 1 saturated heterocycles. The fourth-order valence-electron chi connectivity index (χ4n) is 2.91. The van der Waals surface area contributed by atoms with Crippen LogP contribution in [0.5, 0.6) is 0 Å². The van der Waals surface area contributed by atoms with Crippen LogP contribution in [0.3, 0.4) is 0 Å². The zero-order valence-electron chi connectivity index (χ0n) is 13.3. The van der Waals surface area contributed by atoms with Crippen LogP contribution in [-0.4, -0.2) is 31.5 Å². The predicted octanol–water partition coefficient (Wildman–Crippen LogP) is 2.85. The molecular formula is C19H21F2NO2. The fourth-order valence-corrected chi connectivity index (χ4v) is 2.91. The van der Waals surface area contributed by atoms with E-state index in [-0.39, 0.29) is 29.7 Å². The van der Waals surface area contributed by atoms with E-state index in [2.05, 4.69) is 5.32 Å². The SMILES string of the molecule is OCC1(CNC(Cc2cccc(F)c2)c2cccc(F)c2)COC1. The summed E-state index contributed by atoms with van der Waals surface area (Å²) in [5.74, 6) is -0.591. The first-order valence-corrected chi connectivity index (χ1v) is 8.02. The molecular weight excluding hydrogens is 312 g/mol. The molecule has 2 N–H and O–H groups in total. The van der Waals surface area contributed by atoms with Crippen LogP contribution < -0.4 is 5.32 Å². The van der Waals surface area contributed by atoms with Crippen LogP contribution in [-0.2, 0) is 11.2 Å². The summed E-state index contributed by atoms with van der Waals surface area (Å²) < 4.78 is 32.3. The van der Waals surface area contributed by atoms with Crippen LogP contribution in [0.1, 0.15) is 17.2 Å². The van der Waals surface area contributed by atoms with E-state index in [9.17, 15) is 13.9 Å². The zero-order chi connectivity index (χ0) is 17.0. The summed E-state index contributed by atoms with van der Waals surface area (Å²) in [6, 6.07) is 12.6. The number of nitrogens with one attached hydrogen (secondary N) is 1. The van der Waals surface area contributed by atoms with Crippen LogP contribution in [0.15, 0.2) is 48.5 Å². The van der Waals surface area contributed by atoms with Crippen molar-refractivity contribution in [3.05, 3.63) is 71.3 Å². The van der Waals surface area contributed by atoms with Crippen LogP contribution >= 0.6 is 0 Å². The topological polar surface area (TPSA) is 41.5 Å². The molecule has 3 rings (SSSR count). The van der Waals surface area contributed by atoms with Gasteiger partial charge in [-0.3, -0.25) is 0 Å². The third-order valence-corrected chi connectivity index (χ3v) is 4.46. The third-order valence-electron chi connectivity index (χ3n) is 4.46. The molecule has 0 amide bonds. The molecule has 2 aromatic rings. The largest absolute Gasteiger partial charge is 0.396 e. The van der Waals surface area contributed by atoms with Crippen molar-refractivity contribution < 1.29 is 18.6 Å². The first-order chi connectivity index (χ1) is 11.6. The molecule has 1 unspecified atom stereocenters. The van der Waals surface area contributed by atoms with Gasteiger partial charge in [-0.25, -0.2) is 8.78 Å². The van der Waals surface area contributed by atoms with Gasteiger partial charge in [-0.1, -0.05) is 24.3 Å². The van der Waals surface area contributed by atoms with Crippen molar-refractivity contribution in [2.75, 3.05) is 26.4 Å². The number of ether oxygens (including phenoxy) is 1. The van der Waals surface area contributed by atoms with Gasteiger partial charge >= 0.3 is 0 Å². The second kappa shape index (κ2) is 7.38. The molecule has 1 atom stereocenters. The normalized spacial score (nSPS) is 17.3. The van der Waals surface area contributed by atoms with E-state index in [1.54, 1.807) is 12.1 Å². The van der Waals surface area contributed by atoms with Gasteiger partial charge in [-0.15, -0.1) is 0 Å². The summed E-state index contributed by atoms with van der Waals surface area (Å²) in [4.78, 5) is 0. The van der Waals surface area contributed by atoms with Gasteiger partial charge in [0.05, 0.1) is 25.2 Å². The predicted molar refractivity (Wildman–Crippen MR) is 87.6 cm³/mol. The molecule has 3 nitrogen and oxygen atoms in total. The van der Waals surface area contributed by atoms with E-state index in [0.29, 0.717) is 26.2 Å². The van der Waals surface area contributed by atoms with E-state index in [0.717, 1.165) is 11.1 Å². The van der Waals surface area contributed by atoms with E-state index in [4.69, 9.17) is 4.74 Å². The van der Waals surface area contributed by atoms with Gasteiger partial charge in [-0.2, -0.15) is 0 Å². The van der Waals surface area contributed by atoms with Gasteiger partial charge < -0.3 is 15.2 Å². The summed E-state index contributed by atoms with van der Waals surface area (Å²) in [6.45, 7) is 1.61. The Bertz CT molecular complexity index is 683. The molecule has 0 aliphatic carbocycles. The number of halogens is 2. The van der Waals surface area contributed by atoms with E-state index in [1.807, 2.05) is 12.1 Å². The van der Waals surface area contributed by atoms with Crippen LogP contribution in [0, 0.1) is 17.0 Å².